The van der Waals surface area contributed by atoms with Crippen molar-refractivity contribution in [3.63, 3.8) is 0 Å². The van der Waals surface area contributed by atoms with Gasteiger partial charge < -0.3 is 19.5 Å². The molecular weight excluding hydrogens is 416 g/mol. The fraction of sp³-hybridized carbons (Fsp3) is 0.304. The van der Waals surface area contributed by atoms with Crippen LogP contribution in [0.5, 0.6) is 5.75 Å². The highest BCUT2D eigenvalue weighted by Crippen LogP contribution is 2.41. The number of aliphatic hydroxyl groups is 1. The predicted molar refractivity (Wildman–Crippen MR) is 116 cm³/mol. The highest BCUT2D eigenvalue weighted by atomic mass is 16.6. The Morgan fingerprint density at radius 2 is 1.94 bits per heavy atom. The van der Waals surface area contributed by atoms with Crippen molar-refractivity contribution < 1.29 is 29.1 Å². The average molecular weight is 440 g/mol. The van der Waals surface area contributed by atoms with Crippen LogP contribution in [-0.2, 0) is 14.3 Å². The van der Waals surface area contributed by atoms with E-state index in [4.69, 9.17) is 9.47 Å². The van der Waals surface area contributed by atoms with Gasteiger partial charge in [0.2, 0.25) is 0 Å². The number of nitro groups is 1. The van der Waals surface area contributed by atoms with Crippen molar-refractivity contribution in [1.82, 2.24) is 4.90 Å². The molecule has 1 N–H and O–H groups in total. The molecule has 1 aliphatic rings. The van der Waals surface area contributed by atoms with Crippen LogP contribution < -0.4 is 4.74 Å². The lowest BCUT2D eigenvalue weighted by Crippen LogP contribution is -2.31. The minimum absolute atomic E-state index is 0.110. The van der Waals surface area contributed by atoms with Crippen molar-refractivity contribution in [2.75, 3.05) is 27.4 Å². The van der Waals surface area contributed by atoms with E-state index in [1.165, 1.54) is 37.3 Å². The molecular formula is C23H24N2O7. The number of carbonyl (C=O) groups excluding carboxylic acids is 2. The van der Waals surface area contributed by atoms with Crippen LogP contribution in [-0.4, -0.2) is 54.0 Å². The van der Waals surface area contributed by atoms with Crippen molar-refractivity contribution in [3.05, 3.63) is 74.8 Å². The van der Waals surface area contributed by atoms with Crippen LogP contribution in [0.3, 0.4) is 0 Å². The number of ketones is 1. The molecule has 9 heteroatoms. The van der Waals surface area contributed by atoms with E-state index in [2.05, 4.69) is 0 Å². The molecule has 32 heavy (non-hydrogen) atoms. The van der Waals surface area contributed by atoms with Gasteiger partial charge >= 0.3 is 0 Å². The summed E-state index contributed by atoms with van der Waals surface area (Å²) < 4.78 is 10.2. The smallest absolute Gasteiger partial charge is 0.295 e. The second-order valence-electron chi connectivity index (χ2n) is 7.37. The van der Waals surface area contributed by atoms with Crippen molar-refractivity contribution in [2.45, 2.75) is 19.4 Å². The predicted octanol–water partition coefficient (Wildman–Crippen LogP) is 3.37. The minimum Gasteiger partial charge on any atom is -0.507 e. The van der Waals surface area contributed by atoms with E-state index >= 15 is 0 Å². The number of carbonyl (C=O) groups is 2. The number of rotatable bonds is 8. The van der Waals surface area contributed by atoms with Crippen LogP contribution >= 0.6 is 0 Å². The molecule has 0 aromatic heterocycles. The number of likely N-dealkylation sites (tertiary alicyclic amines) is 1. The highest BCUT2D eigenvalue weighted by Gasteiger charge is 2.46. The van der Waals surface area contributed by atoms with E-state index < -0.39 is 22.7 Å². The monoisotopic (exact) mass is 440 g/mol. The van der Waals surface area contributed by atoms with Crippen molar-refractivity contribution >= 4 is 23.1 Å². The molecule has 1 amide bonds. The quantitative estimate of drug-likeness (QED) is 0.167. The first-order chi connectivity index (χ1) is 15.3. The first-order valence-corrected chi connectivity index (χ1v) is 9.96. The summed E-state index contributed by atoms with van der Waals surface area (Å²) in [5.74, 6) is -1.37. The molecule has 1 fully saturated rings. The number of benzene rings is 2. The molecule has 1 saturated heterocycles. The third-order valence-electron chi connectivity index (χ3n) is 5.37. The molecule has 2 aromatic rings. The number of Topliss-reactive ketones (excluding diaryl/α,β-unsaturated/α-hetero) is 1. The van der Waals surface area contributed by atoms with E-state index in [1.807, 2.05) is 0 Å². The molecule has 168 valence electrons. The van der Waals surface area contributed by atoms with E-state index in [1.54, 1.807) is 31.2 Å². The maximum atomic E-state index is 13.0. The normalized spacial score (nSPS) is 17.6. The SMILES string of the molecule is COCCCN1C(=O)C(=O)/C(=C(/O)c2ccc(OC)cc2C)[C@H]1c1cccc([N+](=O)[O-])c1. The summed E-state index contributed by atoms with van der Waals surface area (Å²) in [6.07, 6.45) is 0.455. The number of nitrogens with zero attached hydrogens (tertiary/aromatic N) is 2. The first-order valence-electron chi connectivity index (χ1n) is 9.96. The van der Waals surface area contributed by atoms with Crippen LogP contribution in [0, 0.1) is 17.0 Å². The lowest BCUT2D eigenvalue weighted by molar-refractivity contribution is -0.384. The number of nitro benzene ring substituents is 1. The molecule has 0 saturated carbocycles. The molecule has 0 aliphatic carbocycles. The zero-order valence-corrected chi connectivity index (χ0v) is 18.0. The molecule has 0 spiro atoms. The van der Waals surface area contributed by atoms with Crippen LogP contribution in [0.1, 0.15) is 29.2 Å². The van der Waals surface area contributed by atoms with E-state index in [9.17, 15) is 24.8 Å². The fourth-order valence-electron chi connectivity index (χ4n) is 3.82. The zero-order valence-electron chi connectivity index (χ0n) is 18.0. The number of aryl methyl sites for hydroxylation is 1. The van der Waals surface area contributed by atoms with Gasteiger partial charge in [-0.25, -0.2) is 0 Å². The van der Waals surface area contributed by atoms with Crippen LogP contribution in [0.25, 0.3) is 5.76 Å². The third kappa shape index (κ3) is 4.33. The summed E-state index contributed by atoms with van der Waals surface area (Å²) >= 11 is 0. The standard InChI is InChI=1S/C23H24N2O7/c1-14-12-17(32-3)8-9-18(14)21(26)19-20(15-6-4-7-16(13-15)25(29)30)24(10-5-11-31-2)23(28)22(19)27/h4,6-9,12-13,20,26H,5,10-11H2,1-3H3/b21-19+/t20-/m1/s1. The maximum Gasteiger partial charge on any atom is 0.295 e. The summed E-state index contributed by atoms with van der Waals surface area (Å²) in [7, 11) is 3.04. The number of amides is 1. The summed E-state index contributed by atoms with van der Waals surface area (Å²) in [6, 6.07) is 9.70. The average Bonchev–Trinajstić information content (AvgIpc) is 3.03. The Bertz CT molecular complexity index is 1090. The van der Waals surface area contributed by atoms with Gasteiger partial charge in [-0.3, -0.25) is 19.7 Å². The van der Waals surface area contributed by atoms with E-state index in [0.29, 0.717) is 35.5 Å². The highest BCUT2D eigenvalue weighted by molar-refractivity contribution is 6.46. The van der Waals surface area contributed by atoms with Gasteiger partial charge in [0.05, 0.1) is 23.6 Å². The van der Waals surface area contributed by atoms with Crippen LogP contribution in [0.2, 0.25) is 0 Å². The van der Waals surface area contributed by atoms with Gasteiger partial charge in [0.1, 0.15) is 11.5 Å². The topological polar surface area (TPSA) is 119 Å². The molecule has 9 nitrogen and oxygen atoms in total. The molecule has 1 heterocycles. The van der Waals surface area contributed by atoms with Gasteiger partial charge in [0.25, 0.3) is 17.4 Å². The number of hydrogen-bond donors (Lipinski definition) is 1. The van der Waals surface area contributed by atoms with Crippen LogP contribution in [0.15, 0.2) is 48.0 Å². The maximum absolute atomic E-state index is 13.0. The van der Waals surface area contributed by atoms with Gasteiger partial charge in [-0.2, -0.15) is 0 Å². The Morgan fingerprint density at radius 3 is 2.56 bits per heavy atom. The molecule has 0 bridgehead atoms. The summed E-state index contributed by atoms with van der Waals surface area (Å²) in [5.41, 5.74) is 1.09. The number of methoxy groups -OCH3 is 2. The van der Waals surface area contributed by atoms with E-state index in [-0.39, 0.29) is 23.6 Å². The van der Waals surface area contributed by atoms with Gasteiger partial charge in [-0.05, 0) is 42.7 Å². The molecule has 1 aliphatic heterocycles. The van der Waals surface area contributed by atoms with Crippen LogP contribution in [0.4, 0.5) is 5.69 Å². The number of non-ortho nitro benzene ring substituents is 1. The van der Waals surface area contributed by atoms with E-state index in [0.717, 1.165) is 0 Å². The molecule has 0 unspecified atom stereocenters. The Hall–Kier alpha value is -3.72. The number of ether oxygens (including phenoxy) is 2. The summed E-state index contributed by atoms with van der Waals surface area (Å²) in [5, 5.41) is 22.4. The Balaban J connectivity index is 2.18. The summed E-state index contributed by atoms with van der Waals surface area (Å²) in [6.45, 7) is 2.29. The lowest BCUT2D eigenvalue weighted by Gasteiger charge is -2.25. The Kier molecular flexibility index (Phi) is 6.89. The van der Waals surface area contributed by atoms with Crippen molar-refractivity contribution in [1.29, 1.82) is 0 Å². The molecule has 0 radical (unpaired) electrons. The number of aliphatic hydroxyl groups excluding tert-OH is 1. The first kappa shape index (κ1) is 23.0. The summed E-state index contributed by atoms with van der Waals surface area (Å²) in [4.78, 5) is 37.9. The Labute approximate surface area is 185 Å². The van der Waals surface area contributed by atoms with Crippen molar-refractivity contribution in [3.8, 4) is 5.75 Å². The second-order valence-corrected chi connectivity index (χ2v) is 7.37. The molecule has 3 rings (SSSR count). The van der Waals surface area contributed by atoms with Gasteiger partial charge in [0.15, 0.2) is 0 Å². The Morgan fingerprint density at radius 1 is 1.19 bits per heavy atom. The van der Waals surface area contributed by atoms with Gasteiger partial charge in [-0.1, -0.05) is 12.1 Å². The largest absolute Gasteiger partial charge is 0.507 e. The molecule has 1 atom stereocenters. The number of hydrogen-bond acceptors (Lipinski definition) is 7. The molecule has 2 aromatic carbocycles. The van der Waals surface area contributed by atoms with Gasteiger partial charge in [-0.15, -0.1) is 0 Å². The second kappa shape index (κ2) is 9.61. The zero-order chi connectivity index (χ0) is 23.4. The van der Waals surface area contributed by atoms with Crippen molar-refractivity contribution in [2.24, 2.45) is 0 Å². The third-order valence-corrected chi connectivity index (χ3v) is 5.37. The fourth-order valence-corrected chi connectivity index (χ4v) is 3.82. The lowest BCUT2D eigenvalue weighted by atomic mass is 9.93. The minimum atomic E-state index is -0.965. The van der Waals surface area contributed by atoms with Gasteiger partial charge in [0, 0.05) is 38.0 Å².